The third-order valence-corrected chi connectivity index (χ3v) is 0.955. The molecule has 2 aromatic rings. The molecule has 0 fully saturated rings. The first-order valence-electron chi connectivity index (χ1n) is 4.05. The van der Waals surface area contributed by atoms with Crippen molar-refractivity contribution < 1.29 is 15.0 Å². The molecule has 0 aliphatic carbocycles. The Morgan fingerprint density at radius 3 is 1.06 bits per heavy atom. The minimum absolute atomic E-state index is 1.50. The molecule has 0 aliphatic rings. The van der Waals surface area contributed by atoms with Gasteiger partial charge in [0, 0.05) is 24.8 Å². The third kappa shape index (κ3) is 14.0. The first-order chi connectivity index (χ1) is 7.73. The molecule has 84 valence electrons. The zero-order valence-electron chi connectivity index (χ0n) is 8.21. The van der Waals surface area contributed by atoms with Crippen molar-refractivity contribution in [3.8, 4) is 0 Å². The fourth-order valence-corrected chi connectivity index (χ4v) is 0.507. The van der Waals surface area contributed by atoms with Crippen molar-refractivity contribution in [3.63, 3.8) is 0 Å². The summed E-state index contributed by atoms with van der Waals surface area (Å²) in [4.78, 5) is 23.2. The van der Waals surface area contributed by atoms with Gasteiger partial charge in [-0.25, -0.2) is 24.7 Å². The third-order valence-electron chi connectivity index (χ3n) is 0.955. The summed E-state index contributed by atoms with van der Waals surface area (Å²) < 4.78 is 0. The Morgan fingerprint density at radius 2 is 1.00 bits per heavy atom. The van der Waals surface area contributed by atoms with Crippen molar-refractivity contribution in [2.24, 2.45) is 0 Å². The minimum Gasteiger partial charge on any atom is -0.450 e. The Bertz CT molecular complexity index is 269. The first-order valence-corrected chi connectivity index (χ1v) is 4.05. The maximum Gasteiger partial charge on any atom is 0.503 e. The molecule has 0 spiro atoms. The van der Waals surface area contributed by atoms with Gasteiger partial charge in [0.25, 0.3) is 0 Å². The van der Waals surface area contributed by atoms with Gasteiger partial charge >= 0.3 is 6.16 Å². The highest BCUT2D eigenvalue weighted by molar-refractivity contribution is 5.53. The predicted molar refractivity (Wildman–Crippen MR) is 54.7 cm³/mol. The maximum absolute atomic E-state index is 8.56. The van der Waals surface area contributed by atoms with Crippen LogP contribution in [0.5, 0.6) is 0 Å². The summed E-state index contributed by atoms with van der Waals surface area (Å²) in [5, 5.41) is 13.9. The summed E-state index contributed by atoms with van der Waals surface area (Å²) in [5.74, 6) is 0. The average molecular weight is 222 g/mol. The van der Waals surface area contributed by atoms with Crippen LogP contribution in [-0.2, 0) is 0 Å². The lowest BCUT2D eigenvalue weighted by Gasteiger charge is -1.70. The van der Waals surface area contributed by atoms with E-state index in [9.17, 15) is 0 Å². The lowest BCUT2D eigenvalue weighted by molar-refractivity contribution is 0.137. The van der Waals surface area contributed by atoms with Gasteiger partial charge in [-0.05, 0) is 12.1 Å². The van der Waals surface area contributed by atoms with E-state index in [0.717, 1.165) is 0 Å². The van der Waals surface area contributed by atoms with Gasteiger partial charge in [-0.1, -0.05) is 0 Å². The van der Waals surface area contributed by atoms with Crippen LogP contribution in [-0.4, -0.2) is 36.3 Å². The van der Waals surface area contributed by atoms with Crippen LogP contribution in [0.25, 0.3) is 0 Å². The highest BCUT2D eigenvalue weighted by Gasteiger charge is 1.70. The molecular weight excluding hydrogens is 212 g/mol. The molecule has 0 unspecified atom stereocenters. The van der Waals surface area contributed by atoms with Gasteiger partial charge in [0.05, 0.1) is 0 Å². The van der Waals surface area contributed by atoms with E-state index in [1.807, 2.05) is 0 Å². The van der Waals surface area contributed by atoms with Crippen molar-refractivity contribution in [2.45, 2.75) is 0 Å². The van der Waals surface area contributed by atoms with Gasteiger partial charge in [0.15, 0.2) is 0 Å². The van der Waals surface area contributed by atoms with E-state index in [-0.39, 0.29) is 0 Å². The van der Waals surface area contributed by atoms with Crippen LogP contribution in [0.1, 0.15) is 0 Å². The van der Waals surface area contributed by atoms with E-state index < -0.39 is 6.16 Å². The Morgan fingerprint density at radius 1 is 0.750 bits per heavy atom. The van der Waals surface area contributed by atoms with Gasteiger partial charge in [-0.15, -0.1) is 0 Å². The number of rotatable bonds is 0. The second kappa shape index (κ2) is 10.5. The van der Waals surface area contributed by atoms with Gasteiger partial charge < -0.3 is 10.2 Å². The minimum atomic E-state index is -1.83. The second-order valence-electron chi connectivity index (χ2n) is 2.09. The zero-order chi connectivity index (χ0) is 12.1. The quantitative estimate of drug-likeness (QED) is 0.688. The van der Waals surface area contributed by atoms with E-state index in [1.54, 1.807) is 36.9 Å². The molecule has 7 nitrogen and oxygen atoms in total. The summed E-state index contributed by atoms with van der Waals surface area (Å²) in [7, 11) is 0. The summed E-state index contributed by atoms with van der Waals surface area (Å²) in [6.45, 7) is 0. The molecule has 0 saturated heterocycles. The molecule has 16 heavy (non-hydrogen) atoms. The molecule has 0 aromatic carbocycles. The first kappa shape index (κ1) is 13.4. The van der Waals surface area contributed by atoms with Crippen molar-refractivity contribution in [1.29, 1.82) is 0 Å². The Balaban J connectivity index is 0.000000217. The smallest absolute Gasteiger partial charge is 0.450 e. The van der Waals surface area contributed by atoms with Crippen LogP contribution in [0.2, 0.25) is 0 Å². The largest absolute Gasteiger partial charge is 0.503 e. The monoisotopic (exact) mass is 222 g/mol. The van der Waals surface area contributed by atoms with Gasteiger partial charge in [-0.2, -0.15) is 0 Å². The van der Waals surface area contributed by atoms with Crippen molar-refractivity contribution in [3.05, 3.63) is 49.6 Å². The summed E-state index contributed by atoms with van der Waals surface area (Å²) in [6.07, 6.45) is 7.92. The van der Waals surface area contributed by atoms with Crippen LogP contribution in [0, 0.1) is 0 Å². The molecule has 0 saturated carbocycles. The summed E-state index contributed by atoms with van der Waals surface area (Å²) >= 11 is 0. The predicted octanol–water partition coefficient (Wildman–Crippen LogP) is 1.18. The highest BCUT2D eigenvalue weighted by atomic mass is 16.6. The zero-order valence-corrected chi connectivity index (χ0v) is 8.21. The highest BCUT2D eigenvalue weighted by Crippen LogP contribution is 1.67. The normalized spacial score (nSPS) is 7.50. The van der Waals surface area contributed by atoms with E-state index in [0.29, 0.717) is 0 Å². The molecule has 2 heterocycles. The fourth-order valence-electron chi connectivity index (χ4n) is 0.507. The molecule has 0 aliphatic heterocycles. The summed E-state index contributed by atoms with van der Waals surface area (Å²) in [6, 6.07) is 3.56. The lowest BCUT2D eigenvalue weighted by atomic mass is 10.7. The molecule has 0 atom stereocenters. The Hall–Kier alpha value is -2.57. The van der Waals surface area contributed by atoms with Crippen molar-refractivity contribution in [2.75, 3.05) is 0 Å². The van der Waals surface area contributed by atoms with Crippen LogP contribution in [0.3, 0.4) is 0 Å². The van der Waals surface area contributed by atoms with Gasteiger partial charge in [-0.3, -0.25) is 0 Å². The Kier molecular flexibility index (Phi) is 8.82. The van der Waals surface area contributed by atoms with E-state index in [2.05, 4.69) is 19.9 Å². The van der Waals surface area contributed by atoms with Crippen LogP contribution >= 0.6 is 0 Å². The van der Waals surface area contributed by atoms with Crippen LogP contribution in [0.15, 0.2) is 49.6 Å². The number of hydrogen-bond donors (Lipinski definition) is 2. The van der Waals surface area contributed by atoms with Crippen LogP contribution in [0.4, 0.5) is 4.79 Å². The lowest BCUT2D eigenvalue weighted by Crippen LogP contribution is -1.81. The van der Waals surface area contributed by atoms with E-state index in [4.69, 9.17) is 15.0 Å². The second-order valence-corrected chi connectivity index (χ2v) is 2.09. The number of nitrogens with zero attached hydrogens (tertiary/aromatic N) is 4. The van der Waals surface area contributed by atoms with Crippen molar-refractivity contribution in [1.82, 2.24) is 19.9 Å². The SMILES string of the molecule is O=C(O)O.c1cncnc1.c1cncnc1. The average Bonchev–Trinajstić information content (AvgIpc) is 2.34. The number of carboxylic acid groups (broad SMARTS) is 2. The molecule has 7 heteroatoms. The van der Waals surface area contributed by atoms with E-state index in [1.165, 1.54) is 12.7 Å². The maximum atomic E-state index is 8.56. The molecule has 2 aromatic heterocycles. The Labute approximate surface area is 91.5 Å². The number of aromatic nitrogens is 4. The standard InChI is InChI=1S/2C4H4N2.CH2O3/c2*1-2-5-4-6-3-1;2-1(3)4/h2*1-4H;(H2,2,3,4). The molecular formula is C9H10N4O3. The molecule has 0 radical (unpaired) electrons. The van der Waals surface area contributed by atoms with Crippen LogP contribution < -0.4 is 0 Å². The number of hydrogen-bond acceptors (Lipinski definition) is 5. The number of carbonyl (C=O) groups is 1. The van der Waals surface area contributed by atoms with Gasteiger partial charge in [0.1, 0.15) is 12.7 Å². The van der Waals surface area contributed by atoms with Gasteiger partial charge in [0.2, 0.25) is 0 Å². The van der Waals surface area contributed by atoms with E-state index >= 15 is 0 Å². The molecule has 2 N–H and O–H groups in total. The topological polar surface area (TPSA) is 109 Å². The fraction of sp³-hybridized carbons (Fsp3) is 0. The molecule has 0 bridgehead atoms. The molecule has 2 rings (SSSR count). The van der Waals surface area contributed by atoms with Crippen molar-refractivity contribution >= 4 is 6.16 Å². The molecule has 0 amide bonds. The summed E-state index contributed by atoms with van der Waals surface area (Å²) in [5.41, 5.74) is 0.